The van der Waals surface area contributed by atoms with Gasteiger partial charge in [0.25, 0.3) is 0 Å². The van der Waals surface area contributed by atoms with E-state index in [2.05, 4.69) is 24.1 Å². The van der Waals surface area contributed by atoms with Crippen LogP contribution in [-0.2, 0) is 14.3 Å². The summed E-state index contributed by atoms with van der Waals surface area (Å²) in [5.74, 6) is 4.79. The zero-order chi connectivity index (χ0) is 13.5. The molecule has 0 radical (unpaired) electrons. The number of hydrogen-bond acceptors (Lipinski definition) is 4. The topological polar surface area (TPSA) is 55.4 Å². The zero-order valence-corrected chi connectivity index (χ0v) is 12.1. The molecule has 19 heavy (non-hydrogen) atoms. The number of carbonyl (C=O) groups excluding carboxylic acids is 2. The van der Waals surface area contributed by atoms with E-state index in [1.807, 2.05) is 0 Å². The van der Waals surface area contributed by atoms with E-state index in [1.165, 1.54) is 6.29 Å². The van der Waals surface area contributed by atoms with Crippen molar-refractivity contribution < 1.29 is 33.2 Å². The van der Waals surface area contributed by atoms with Crippen LogP contribution in [-0.4, -0.2) is 38.4 Å². The molecule has 1 saturated heterocycles. The number of carbonyl (C=O) groups is 1. The van der Waals surface area contributed by atoms with Crippen molar-refractivity contribution in [2.45, 2.75) is 39.0 Å². The maximum absolute atomic E-state index is 10.6. The molecule has 0 saturated carbocycles. The second kappa shape index (κ2) is 17.4. The molecule has 0 aromatic heterocycles. The van der Waals surface area contributed by atoms with Crippen molar-refractivity contribution in [3.63, 3.8) is 0 Å². The molecular weight excluding hydrogens is 237 g/mol. The van der Waals surface area contributed by atoms with Crippen LogP contribution in [0.5, 0.6) is 0 Å². The summed E-state index contributed by atoms with van der Waals surface area (Å²) in [4.78, 5) is 20.4. The number of ether oxygens (including phenoxy) is 1. The average molecular weight is 259 g/mol. The van der Waals surface area contributed by atoms with Gasteiger partial charge in [0.05, 0.1) is 13.2 Å². The second-order valence-corrected chi connectivity index (χ2v) is 3.87. The SMILES string of the molecule is C1COCCN1.CCCCCC#CC(=O)C[C-]=O.[Li+]. The molecule has 0 aromatic rings. The molecule has 1 heterocycles. The fraction of sp³-hybridized carbons (Fsp3) is 0.714. The molecule has 1 fully saturated rings. The fourth-order valence-corrected chi connectivity index (χ4v) is 1.25. The van der Waals surface area contributed by atoms with E-state index in [0.717, 1.165) is 52.0 Å². The van der Waals surface area contributed by atoms with Crippen molar-refractivity contribution in [1.82, 2.24) is 5.32 Å². The van der Waals surface area contributed by atoms with E-state index >= 15 is 0 Å². The minimum absolute atomic E-state index is 0. The molecule has 0 spiro atoms. The van der Waals surface area contributed by atoms with Crippen molar-refractivity contribution in [3.8, 4) is 11.8 Å². The normalized spacial score (nSPS) is 12.9. The van der Waals surface area contributed by atoms with Gasteiger partial charge in [-0.15, -0.1) is 0 Å². The molecule has 0 atom stereocenters. The van der Waals surface area contributed by atoms with E-state index < -0.39 is 0 Å². The van der Waals surface area contributed by atoms with Crippen molar-refractivity contribution in [2.24, 2.45) is 0 Å². The Bertz CT molecular complexity index is 269. The van der Waals surface area contributed by atoms with Gasteiger partial charge in [-0.05, 0) is 12.3 Å². The first kappa shape index (κ1) is 20.7. The quantitative estimate of drug-likeness (QED) is 0.159. The Morgan fingerprint density at radius 2 is 2.00 bits per heavy atom. The predicted octanol–water partition coefficient (Wildman–Crippen LogP) is -1.75. The van der Waals surface area contributed by atoms with Gasteiger partial charge >= 0.3 is 18.9 Å². The summed E-state index contributed by atoms with van der Waals surface area (Å²) in [6.45, 7) is 5.94. The molecule has 1 aliphatic rings. The van der Waals surface area contributed by atoms with Gasteiger partial charge in [-0.2, -0.15) is 0 Å². The average Bonchev–Trinajstić information content (AvgIpc) is 2.41. The summed E-state index contributed by atoms with van der Waals surface area (Å²) in [6.07, 6.45) is 5.39. The Balaban J connectivity index is 0. The number of rotatable bonds is 5. The third-order valence-electron chi connectivity index (χ3n) is 2.21. The Labute approximate surface area is 128 Å². The maximum atomic E-state index is 10.6. The van der Waals surface area contributed by atoms with Crippen LogP contribution in [0.2, 0.25) is 0 Å². The summed E-state index contributed by atoms with van der Waals surface area (Å²) in [5.41, 5.74) is 0. The molecular formula is C14H22LiNO3. The van der Waals surface area contributed by atoms with Crippen molar-refractivity contribution >= 4 is 12.1 Å². The molecule has 5 heteroatoms. The van der Waals surface area contributed by atoms with E-state index in [-0.39, 0.29) is 31.1 Å². The smallest absolute Gasteiger partial charge is 0.541 e. The van der Waals surface area contributed by atoms with Crippen LogP contribution in [0.15, 0.2) is 0 Å². The monoisotopic (exact) mass is 259 g/mol. The summed E-state index contributed by atoms with van der Waals surface area (Å²) < 4.78 is 5.01. The summed E-state index contributed by atoms with van der Waals surface area (Å²) in [6, 6.07) is 0. The number of unbranched alkanes of at least 4 members (excludes halogenated alkanes) is 3. The van der Waals surface area contributed by atoms with Crippen LogP contribution in [0.1, 0.15) is 39.0 Å². The Hall–Kier alpha value is -0.583. The van der Waals surface area contributed by atoms with Gasteiger partial charge in [-0.1, -0.05) is 32.1 Å². The number of nitrogens with one attached hydrogen (secondary N) is 1. The van der Waals surface area contributed by atoms with E-state index in [9.17, 15) is 9.59 Å². The van der Waals surface area contributed by atoms with Gasteiger partial charge in [-0.3, -0.25) is 11.1 Å². The number of Topliss-reactive ketones (excluding diaryl/α,β-unsaturated/α-hetero) is 1. The summed E-state index contributed by atoms with van der Waals surface area (Å²) in [5, 5.41) is 3.16. The first-order chi connectivity index (χ1) is 8.81. The largest absolute Gasteiger partial charge is 1.00 e. The molecule has 102 valence electrons. The first-order valence-corrected chi connectivity index (χ1v) is 6.46. The fourth-order valence-electron chi connectivity index (χ4n) is 1.25. The molecule has 0 aromatic carbocycles. The molecule has 0 aliphatic carbocycles. The van der Waals surface area contributed by atoms with Crippen LogP contribution >= 0.6 is 0 Å². The van der Waals surface area contributed by atoms with Crippen molar-refractivity contribution in [3.05, 3.63) is 0 Å². The summed E-state index contributed by atoms with van der Waals surface area (Å²) >= 11 is 0. The summed E-state index contributed by atoms with van der Waals surface area (Å²) in [7, 11) is 0. The minimum Gasteiger partial charge on any atom is -0.541 e. The standard InChI is InChI=1S/C10H13O2.C4H9NO.Li/c1-2-3-4-5-6-7-10(12)8-9-11;1-3-6-4-2-5-1;/h2-5,8H2,1H3;5H,1-4H2;/q-1;;+1. The zero-order valence-electron chi connectivity index (χ0n) is 12.1. The van der Waals surface area contributed by atoms with Crippen LogP contribution in [0.3, 0.4) is 0 Å². The van der Waals surface area contributed by atoms with Gasteiger partial charge in [0.15, 0.2) is 5.78 Å². The molecule has 0 amide bonds. The van der Waals surface area contributed by atoms with E-state index in [0.29, 0.717) is 0 Å². The minimum atomic E-state index is -0.332. The van der Waals surface area contributed by atoms with Crippen LogP contribution in [0.25, 0.3) is 0 Å². The van der Waals surface area contributed by atoms with Gasteiger partial charge < -0.3 is 14.8 Å². The van der Waals surface area contributed by atoms with Crippen LogP contribution < -0.4 is 24.2 Å². The number of hydrogen-bond donors (Lipinski definition) is 1. The number of morpholine rings is 1. The second-order valence-electron chi connectivity index (χ2n) is 3.87. The molecule has 1 N–H and O–H groups in total. The van der Waals surface area contributed by atoms with E-state index in [4.69, 9.17) is 4.74 Å². The third-order valence-corrected chi connectivity index (χ3v) is 2.21. The Kier molecular flexibility index (Phi) is 19.0. The third kappa shape index (κ3) is 17.4. The van der Waals surface area contributed by atoms with Gasteiger partial charge in [0.1, 0.15) is 0 Å². The van der Waals surface area contributed by atoms with Crippen molar-refractivity contribution in [2.75, 3.05) is 26.3 Å². The number of ketones is 1. The first-order valence-electron chi connectivity index (χ1n) is 6.46. The Morgan fingerprint density at radius 1 is 1.32 bits per heavy atom. The maximum Gasteiger partial charge on any atom is 1.00 e. The molecule has 0 unspecified atom stereocenters. The van der Waals surface area contributed by atoms with E-state index in [1.54, 1.807) is 0 Å². The van der Waals surface area contributed by atoms with Crippen LogP contribution in [0, 0.1) is 11.8 Å². The molecule has 4 nitrogen and oxygen atoms in total. The van der Waals surface area contributed by atoms with Gasteiger partial charge in [0.2, 0.25) is 0 Å². The molecule has 0 bridgehead atoms. The van der Waals surface area contributed by atoms with Gasteiger partial charge in [0, 0.05) is 19.5 Å². The predicted molar refractivity (Wildman–Crippen MR) is 70.9 cm³/mol. The van der Waals surface area contributed by atoms with Gasteiger partial charge in [-0.25, -0.2) is 0 Å². The molecule has 1 rings (SSSR count). The molecule has 1 aliphatic heterocycles. The van der Waals surface area contributed by atoms with Crippen LogP contribution in [0.4, 0.5) is 0 Å². The van der Waals surface area contributed by atoms with Crippen molar-refractivity contribution in [1.29, 1.82) is 0 Å². The Morgan fingerprint density at radius 3 is 2.42 bits per heavy atom.